The van der Waals surface area contributed by atoms with E-state index >= 15 is 0 Å². The molecule has 2 amide bonds. The largest absolute Gasteiger partial charge is 0.507 e. The van der Waals surface area contributed by atoms with Crippen molar-refractivity contribution < 1.29 is 43.1 Å². The Hall–Kier alpha value is -4.45. The molecule has 14 heteroatoms. The van der Waals surface area contributed by atoms with E-state index in [1.54, 1.807) is 48.8 Å². The summed E-state index contributed by atoms with van der Waals surface area (Å²) in [5.74, 6) is 1.78. The summed E-state index contributed by atoms with van der Waals surface area (Å²) in [5.41, 5.74) is 4.08. The number of benzene rings is 2. The molecule has 2 bridgehead atoms. The summed E-state index contributed by atoms with van der Waals surface area (Å²) in [4.78, 5) is 30.4. The molecule has 2 aromatic carbocycles. The van der Waals surface area contributed by atoms with Crippen molar-refractivity contribution in [1.82, 2.24) is 20.4 Å². The van der Waals surface area contributed by atoms with E-state index in [-0.39, 0.29) is 44.0 Å². The van der Waals surface area contributed by atoms with Gasteiger partial charge in [0.2, 0.25) is 12.7 Å². The molecule has 0 aliphatic carbocycles. The number of likely N-dealkylation sites (N-methyl/N-ethyl adjacent to an activating group) is 1. The Bertz CT molecular complexity index is 1730. The van der Waals surface area contributed by atoms with Crippen LogP contribution in [0.15, 0.2) is 6.07 Å². The Morgan fingerprint density at radius 2 is 1.84 bits per heavy atom. The molecule has 4 aliphatic heterocycles. The summed E-state index contributed by atoms with van der Waals surface area (Å²) in [6.07, 6.45) is 0.232. The number of carbonyl (C=O) groups excluding carboxylic acids is 2. The van der Waals surface area contributed by atoms with Gasteiger partial charge in [-0.05, 0) is 72.6 Å². The first-order valence-corrected chi connectivity index (χ1v) is 16.8. The number of aryl methyl sites for hydroxylation is 1. The highest BCUT2D eigenvalue weighted by Gasteiger charge is 2.57. The normalized spacial score (nSPS) is 24.2. The average Bonchev–Trinajstić information content (AvgIpc) is 3.54. The number of nitrogens with one attached hydrogen (secondary N) is 2. The van der Waals surface area contributed by atoms with Crippen LogP contribution in [-0.4, -0.2) is 98.1 Å². The van der Waals surface area contributed by atoms with Crippen LogP contribution in [0.1, 0.15) is 73.2 Å². The van der Waals surface area contributed by atoms with Gasteiger partial charge in [0, 0.05) is 48.0 Å². The first-order chi connectivity index (χ1) is 23.7. The van der Waals surface area contributed by atoms with E-state index in [9.17, 15) is 20.0 Å². The minimum absolute atomic E-state index is 0.0117. The van der Waals surface area contributed by atoms with E-state index in [2.05, 4.69) is 32.6 Å². The van der Waals surface area contributed by atoms with Crippen molar-refractivity contribution in [1.29, 1.82) is 5.26 Å². The summed E-state index contributed by atoms with van der Waals surface area (Å²) in [7, 11) is 5.20. The fourth-order valence-corrected chi connectivity index (χ4v) is 8.18. The number of ether oxygens (including phenoxy) is 6. The number of carbonyl (C=O) groups is 2. The zero-order valence-electron chi connectivity index (χ0n) is 30.1. The van der Waals surface area contributed by atoms with E-state index in [1.807, 2.05) is 14.0 Å². The number of phenols is 1. The van der Waals surface area contributed by atoms with Gasteiger partial charge in [-0.15, -0.1) is 0 Å². The minimum atomic E-state index is -0.915. The van der Waals surface area contributed by atoms with Gasteiger partial charge in [-0.1, -0.05) is 6.07 Å². The van der Waals surface area contributed by atoms with Gasteiger partial charge in [-0.3, -0.25) is 14.6 Å². The fraction of sp³-hybridized carbons (Fsp3) is 0.583. The molecule has 0 radical (unpaired) electrons. The quantitative estimate of drug-likeness (QED) is 0.345. The molecule has 6 rings (SSSR count). The Labute approximate surface area is 292 Å². The molecule has 6 atom stereocenters. The summed E-state index contributed by atoms with van der Waals surface area (Å²) < 4.78 is 34.7. The van der Waals surface area contributed by atoms with Gasteiger partial charge in [0.25, 0.3) is 0 Å². The summed E-state index contributed by atoms with van der Waals surface area (Å²) in [6, 6.07) is 1.73. The Morgan fingerprint density at radius 1 is 1.12 bits per heavy atom. The van der Waals surface area contributed by atoms with E-state index in [0.717, 1.165) is 16.7 Å². The SMILES string of the molecule is COCOc1c(OC)c(C)cc2c1[C@@H]1[C@@H]3Cc4c(O)c(C)c5c(c4[C@H](CNC(=O)[C@H](C)NC(=O)OC(C)(C)C)N3[C@@H](C#N)[C@H](C2)N1C)OCO5. The molecular formula is C36H47N5O9. The van der Waals surface area contributed by atoms with Crippen LogP contribution in [0.3, 0.4) is 0 Å². The van der Waals surface area contributed by atoms with E-state index < -0.39 is 35.7 Å². The van der Waals surface area contributed by atoms with Gasteiger partial charge in [0.15, 0.2) is 29.8 Å². The molecule has 0 unspecified atom stereocenters. The second kappa shape index (κ2) is 13.4. The maximum atomic E-state index is 13.5. The topological polar surface area (TPSA) is 164 Å². The second-order valence-electron chi connectivity index (χ2n) is 14.4. The number of alkyl carbamates (subject to hydrolysis) is 1. The Balaban J connectivity index is 1.46. The standard InChI is InChI=1S/C36H47N5O9/c1-17-10-20-11-22-24(13-37)41-23(28(40(22)7)26(20)32(30(17)46-9)47-15-45-8)12-21-27(33-31(48-16-49-33)18(2)29(21)42)25(41)14-38-34(43)19(3)39-35(44)50-36(4,5)6/h10,19,22-25,28,42H,11-12,14-16H2,1-9H3,(H,38,43)(H,39,44)/t19-,22-,23-,24-,25-,28-/m0/s1. The average molecular weight is 694 g/mol. The number of methoxy groups -OCH3 is 2. The lowest BCUT2D eigenvalue weighted by atomic mass is 9.71. The first-order valence-electron chi connectivity index (χ1n) is 16.8. The van der Waals surface area contributed by atoms with Crippen molar-refractivity contribution in [3.05, 3.63) is 39.4 Å². The predicted octanol–water partition coefficient (Wildman–Crippen LogP) is 3.53. The molecule has 0 saturated carbocycles. The molecular weight excluding hydrogens is 646 g/mol. The van der Waals surface area contributed by atoms with Gasteiger partial charge >= 0.3 is 6.09 Å². The maximum Gasteiger partial charge on any atom is 0.408 e. The molecule has 1 saturated heterocycles. The van der Waals surface area contributed by atoms with Gasteiger partial charge < -0.3 is 44.2 Å². The van der Waals surface area contributed by atoms with Crippen LogP contribution in [0.4, 0.5) is 4.79 Å². The number of piperazine rings is 1. The first kappa shape index (κ1) is 35.4. The number of hydrogen-bond acceptors (Lipinski definition) is 12. The molecule has 0 aromatic heterocycles. The van der Waals surface area contributed by atoms with Crippen molar-refractivity contribution in [3.63, 3.8) is 0 Å². The molecule has 2 aromatic rings. The number of aromatic hydroxyl groups is 1. The van der Waals surface area contributed by atoms with Crippen molar-refractivity contribution in [2.45, 2.75) is 96.2 Å². The van der Waals surface area contributed by atoms with Crippen LogP contribution in [0.25, 0.3) is 0 Å². The Morgan fingerprint density at radius 3 is 2.50 bits per heavy atom. The smallest absolute Gasteiger partial charge is 0.408 e. The number of fused-ring (bicyclic) bond motifs is 9. The zero-order chi connectivity index (χ0) is 36.2. The molecule has 270 valence electrons. The molecule has 14 nitrogen and oxygen atoms in total. The highest BCUT2D eigenvalue weighted by Crippen LogP contribution is 2.58. The predicted molar refractivity (Wildman–Crippen MR) is 181 cm³/mol. The van der Waals surface area contributed by atoms with E-state index in [0.29, 0.717) is 52.5 Å². The minimum Gasteiger partial charge on any atom is -0.507 e. The van der Waals surface area contributed by atoms with Gasteiger partial charge in [0.05, 0.1) is 25.3 Å². The lowest BCUT2D eigenvalue weighted by molar-refractivity contribution is -0.123. The third-order valence-corrected chi connectivity index (χ3v) is 10.2. The molecule has 3 N–H and O–H groups in total. The van der Waals surface area contributed by atoms with Crippen LogP contribution < -0.4 is 29.6 Å². The van der Waals surface area contributed by atoms with Crippen LogP contribution in [0, 0.1) is 25.2 Å². The van der Waals surface area contributed by atoms with Crippen molar-refractivity contribution in [3.8, 4) is 34.8 Å². The van der Waals surface area contributed by atoms with E-state index in [4.69, 9.17) is 28.4 Å². The Kier molecular flexibility index (Phi) is 9.45. The molecule has 0 spiro atoms. The number of hydrogen-bond donors (Lipinski definition) is 3. The summed E-state index contributed by atoms with van der Waals surface area (Å²) >= 11 is 0. The lowest BCUT2D eigenvalue weighted by Gasteiger charge is -2.60. The van der Waals surface area contributed by atoms with Crippen LogP contribution in [0.2, 0.25) is 0 Å². The number of nitriles is 1. The van der Waals surface area contributed by atoms with Crippen LogP contribution in [-0.2, 0) is 27.1 Å². The highest BCUT2D eigenvalue weighted by molar-refractivity contribution is 5.85. The third-order valence-electron chi connectivity index (χ3n) is 10.2. The summed E-state index contributed by atoms with van der Waals surface area (Å²) in [5, 5.41) is 28.2. The molecule has 4 aliphatic rings. The number of rotatable bonds is 8. The lowest BCUT2D eigenvalue weighted by Crippen LogP contribution is -2.69. The van der Waals surface area contributed by atoms with Crippen molar-refractivity contribution >= 4 is 12.0 Å². The number of nitrogens with zero attached hydrogens (tertiary/aromatic N) is 3. The zero-order valence-corrected chi connectivity index (χ0v) is 30.1. The third kappa shape index (κ3) is 5.91. The van der Waals surface area contributed by atoms with Gasteiger partial charge in [0.1, 0.15) is 23.4 Å². The molecule has 1 fully saturated rings. The van der Waals surface area contributed by atoms with E-state index in [1.165, 1.54) is 0 Å². The van der Waals surface area contributed by atoms with Crippen LogP contribution in [0.5, 0.6) is 28.7 Å². The fourth-order valence-electron chi connectivity index (χ4n) is 8.18. The second-order valence-corrected chi connectivity index (χ2v) is 14.4. The monoisotopic (exact) mass is 693 g/mol. The van der Waals surface area contributed by atoms with Crippen molar-refractivity contribution in [2.24, 2.45) is 0 Å². The number of amides is 2. The molecule has 50 heavy (non-hydrogen) atoms. The van der Waals surface area contributed by atoms with Gasteiger partial charge in [-0.25, -0.2) is 4.79 Å². The highest BCUT2D eigenvalue weighted by atomic mass is 16.7. The molecule has 4 heterocycles. The maximum absolute atomic E-state index is 13.5. The number of phenolic OH excluding ortho intramolecular Hbond substituents is 1. The summed E-state index contributed by atoms with van der Waals surface area (Å²) in [6.45, 7) is 10.6. The van der Waals surface area contributed by atoms with Gasteiger partial charge in [-0.2, -0.15) is 5.26 Å². The van der Waals surface area contributed by atoms with Crippen LogP contribution >= 0.6 is 0 Å². The van der Waals surface area contributed by atoms with Crippen molar-refractivity contribution in [2.75, 3.05) is 41.4 Å².